The number of hydrogen-bond donors (Lipinski definition) is 2. The number of nitrogens with one attached hydrogen (secondary N) is 2. The molecule has 0 fully saturated rings. The summed E-state index contributed by atoms with van der Waals surface area (Å²) >= 11 is 0. The molecule has 0 aliphatic carbocycles. The first-order valence-electron chi connectivity index (χ1n) is 9.03. The number of carbonyl (C=O) groups is 2. The van der Waals surface area contributed by atoms with Gasteiger partial charge in [0.15, 0.2) is 11.5 Å². The fraction of sp³-hybridized carbons (Fsp3) is 0.273. The smallest absolute Gasteiger partial charge is 0.267 e. The van der Waals surface area contributed by atoms with Crippen LogP contribution in [0.4, 0.5) is 0 Å². The topological polar surface area (TPSA) is 76.7 Å². The monoisotopic (exact) mass is 382 g/mol. The van der Waals surface area contributed by atoms with E-state index < -0.39 is 0 Å². The number of amides is 2. The second kappa shape index (κ2) is 10.2. The summed E-state index contributed by atoms with van der Waals surface area (Å²) in [6.45, 7) is 4.50. The van der Waals surface area contributed by atoms with E-state index in [9.17, 15) is 9.59 Å². The van der Waals surface area contributed by atoms with Crippen molar-refractivity contribution in [3.05, 3.63) is 65.4 Å². The largest absolute Gasteiger partial charge is 0.493 e. The van der Waals surface area contributed by atoms with Crippen molar-refractivity contribution in [2.24, 2.45) is 5.92 Å². The maximum absolute atomic E-state index is 12.6. The molecule has 0 saturated heterocycles. The van der Waals surface area contributed by atoms with Crippen molar-refractivity contribution in [2.45, 2.75) is 13.8 Å². The molecule has 0 saturated carbocycles. The Balaban J connectivity index is 2.33. The maximum Gasteiger partial charge on any atom is 0.267 e. The van der Waals surface area contributed by atoms with Crippen molar-refractivity contribution >= 4 is 17.9 Å². The van der Waals surface area contributed by atoms with Crippen LogP contribution in [-0.2, 0) is 4.79 Å². The average molecular weight is 382 g/mol. The Hall–Kier alpha value is -3.28. The van der Waals surface area contributed by atoms with Gasteiger partial charge in [0.1, 0.15) is 5.70 Å². The summed E-state index contributed by atoms with van der Waals surface area (Å²) in [7, 11) is 3.09. The van der Waals surface area contributed by atoms with Crippen LogP contribution in [0.3, 0.4) is 0 Å². The lowest BCUT2D eigenvalue weighted by Gasteiger charge is -2.13. The molecular formula is C22H26N2O4. The molecule has 0 aliphatic rings. The van der Waals surface area contributed by atoms with Crippen LogP contribution in [0.1, 0.15) is 29.8 Å². The van der Waals surface area contributed by atoms with E-state index in [1.54, 1.807) is 62.8 Å². The molecule has 2 aromatic carbocycles. The first-order chi connectivity index (χ1) is 13.4. The Morgan fingerprint density at radius 2 is 1.68 bits per heavy atom. The molecule has 0 aromatic heterocycles. The van der Waals surface area contributed by atoms with Crippen LogP contribution in [0.2, 0.25) is 0 Å². The zero-order valence-electron chi connectivity index (χ0n) is 16.6. The molecule has 0 spiro atoms. The Kier molecular flexibility index (Phi) is 7.63. The average Bonchev–Trinajstić information content (AvgIpc) is 2.71. The highest BCUT2D eigenvalue weighted by Crippen LogP contribution is 2.28. The summed E-state index contributed by atoms with van der Waals surface area (Å²) in [4.78, 5) is 25.2. The quantitative estimate of drug-likeness (QED) is 0.687. The van der Waals surface area contributed by atoms with Gasteiger partial charge in [-0.1, -0.05) is 38.1 Å². The van der Waals surface area contributed by atoms with Crippen LogP contribution in [0.5, 0.6) is 11.5 Å². The van der Waals surface area contributed by atoms with Gasteiger partial charge in [-0.3, -0.25) is 9.59 Å². The Morgan fingerprint density at radius 1 is 1.00 bits per heavy atom. The molecule has 0 unspecified atom stereocenters. The predicted octanol–water partition coefficient (Wildman–Crippen LogP) is 3.25. The third-order valence-corrected chi connectivity index (χ3v) is 3.92. The Labute approximate surface area is 165 Å². The first kappa shape index (κ1) is 21.0. The second-order valence-corrected chi connectivity index (χ2v) is 6.60. The minimum absolute atomic E-state index is 0.154. The van der Waals surface area contributed by atoms with Crippen molar-refractivity contribution in [3.63, 3.8) is 0 Å². The molecule has 6 nitrogen and oxygen atoms in total. The van der Waals surface area contributed by atoms with Gasteiger partial charge in [0, 0.05) is 12.1 Å². The standard InChI is InChI=1S/C22H26N2O4/c1-15(2)14-23-22(26)18(24-21(25)17-8-6-5-7-9-17)12-16-10-11-19(27-3)20(13-16)28-4/h5-13,15H,14H2,1-4H3,(H,23,26)(H,24,25)/b18-12-. The van der Waals surface area contributed by atoms with Crippen molar-refractivity contribution in [1.82, 2.24) is 10.6 Å². The number of hydrogen-bond acceptors (Lipinski definition) is 4. The minimum atomic E-state index is -0.355. The van der Waals surface area contributed by atoms with Crippen molar-refractivity contribution < 1.29 is 19.1 Å². The molecule has 2 amide bonds. The van der Waals surface area contributed by atoms with Crippen LogP contribution in [0.15, 0.2) is 54.2 Å². The molecule has 148 valence electrons. The number of carbonyl (C=O) groups excluding carboxylic acids is 2. The van der Waals surface area contributed by atoms with Gasteiger partial charge in [0.2, 0.25) is 0 Å². The molecule has 2 N–H and O–H groups in total. The van der Waals surface area contributed by atoms with Gasteiger partial charge in [-0.2, -0.15) is 0 Å². The van der Waals surface area contributed by atoms with Crippen molar-refractivity contribution in [2.75, 3.05) is 20.8 Å². The highest BCUT2D eigenvalue weighted by atomic mass is 16.5. The van der Waals surface area contributed by atoms with Crippen LogP contribution >= 0.6 is 0 Å². The molecule has 0 atom stereocenters. The number of rotatable bonds is 8. The molecule has 0 heterocycles. The highest BCUT2D eigenvalue weighted by molar-refractivity contribution is 6.05. The molecule has 0 radical (unpaired) electrons. The number of methoxy groups -OCH3 is 2. The SMILES string of the molecule is COc1ccc(/C=C(\NC(=O)c2ccccc2)C(=O)NCC(C)C)cc1OC. The van der Waals surface area contributed by atoms with Gasteiger partial charge < -0.3 is 20.1 Å². The van der Waals surface area contributed by atoms with Gasteiger partial charge in [-0.05, 0) is 41.8 Å². The van der Waals surface area contributed by atoms with Crippen molar-refractivity contribution in [1.29, 1.82) is 0 Å². The van der Waals surface area contributed by atoms with Gasteiger partial charge in [0.05, 0.1) is 14.2 Å². The van der Waals surface area contributed by atoms with Crippen LogP contribution in [0, 0.1) is 5.92 Å². The van der Waals surface area contributed by atoms with Gasteiger partial charge >= 0.3 is 0 Å². The summed E-state index contributed by atoms with van der Waals surface area (Å²) in [5, 5.41) is 5.54. The fourth-order valence-corrected chi connectivity index (χ4v) is 2.44. The van der Waals surface area contributed by atoms with Crippen molar-refractivity contribution in [3.8, 4) is 11.5 Å². The lowest BCUT2D eigenvalue weighted by molar-refractivity contribution is -0.117. The summed E-state index contributed by atoms with van der Waals surface area (Å²) < 4.78 is 10.5. The second-order valence-electron chi connectivity index (χ2n) is 6.60. The van der Waals surface area contributed by atoms with E-state index in [0.717, 1.165) is 0 Å². The molecule has 6 heteroatoms. The Bertz CT molecular complexity index is 845. The third kappa shape index (κ3) is 5.87. The minimum Gasteiger partial charge on any atom is -0.493 e. The van der Waals surface area contributed by atoms with Gasteiger partial charge in [-0.15, -0.1) is 0 Å². The number of benzene rings is 2. The highest BCUT2D eigenvalue weighted by Gasteiger charge is 2.15. The summed E-state index contributed by atoms with van der Waals surface area (Å²) in [6, 6.07) is 14.0. The van der Waals surface area contributed by atoms with Gasteiger partial charge in [0.25, 0.3) is 11.8 Å². The number of ether oxygens (including phenoxy) is 2. The molecule has 0 bridgehead atoms. The van der Waals surface area contributed by atoms with E-state index in [2.05, 4.69) is 10.6 Å². The Morgan fingerprint density at radius 3 is 2.29 bits per heavy atom. The maximum atomic E-state index is 12.6. The zero-order valence-corrected chi connectivity index (χ0v) is 16.6. The fourth-order valence-electron chi connectivity index (χ4n) is 2.44. The lowest BCUT2D eigenvalue weighted by Crippen LogP contribution is -2.36. The van der Waals surface area contributed by atoms with E-state index in [-0.39, 0.29) is 23.4 Å². The molecule has 2 aromatic rings. The van der Waals surface area contributed by atoms with E-state index in [1.165, 1.54) is 0 Å². The van der Waals surface area contributed by atoms with E-state index in [4.69, 9.17) is 9.47 Å². The zero-order chi connectivity index (χ0) is 20.5. The molecule has 2 rings (SSSR count). The normalized spacial score (nSPS) is 11.1. The summed E-state index contributed by atoms with van der Waals surface area (Å²) in [6.07, 6.45) is 1.61. The molecule has 0 aliphatic heterocycles. The van der Waals surface area contributed by atoms with Gasteiger partial charge in [-0.25, -0.2) is 0 Å². The lowest BCUT2D eigenvalue weighted by atomic mass is 10.1. The third-order valence-electron chi connectivity index (χ3n) is 3.92. The van der Waals surface area contributed by atoms with Crippen LogP contribution in [0.25, 0.3) is 6.08 Å². The summed E-state index contributed by atoms with van der Waals surface area (Å²) in [5.41, 5.74) is 1.32. The van der Waals surface area contributed by atoms with Crippen LogP contribution in [-0.4, -0.2) is 32.6 Å². The van der Waals surface area contributed by atoms with Crippen LogP contribution < -0.4 is 20.1 Å². The van der Waals surface area contributed by atoms with E-state index in [1.807, 2.05) is 19.9 Å². The molecule has 28 heavy (non-hydrogen) atoms. The first-order valence-corrected chi connectivity index (χ1v) is 9.03. The van der Waals surface area contributed by atoms with E-state index in [0.29, 0.717) is 29.2 Å². The predicted molar refractivity (Wildman–Crippen MR) is 109 cm³/mol. The summed E-state index contributed by atoms with van der Waals surface area (Å²) in [5.74, 6) is 0.697. The van der Waals surface area contributed by atoms with E-state index >= 15 is 0 Å². The molecular weight excluding hydrogens is 356 g/mol.